The lowest BCUT2D eigenvalue weighted by Gasteiger charge is -2.37. The molecule has 0 radical (unpaired) electrons. The minimum Gasteiger partial charge on any atom is -0.465 e. The van der Waals surface area contributed by atoms with Gasteiger partial charge in [-0.2, -0.15) is 5.26 Å². The van der Waals surface area contributed by atoms with Crippen LogP contribution in [0.3, 0.4) is 0 Å². The summed E-state index contributed by atoms with van der Waals surface area (Å²) in [7, 11) is -1.91. The van der Waals surface area contributed by atoms with E-state index in [1.54, 1.807) is 6.92 Å². The topological polar surface area (TPSA) is 71.3 Å². The van der Waals surface area contributed by atoms with Gasteiger partial charge in [-0.25, -0.2) is 0 Å². The Labute approximate surface area is 117 Å². The fourth-order valence-electron chi connectivity index (χ4n) is 1.13. The number of hydrogen-bond donors (Lipinski definition) is 1. The predicted octanol–water partition coefficient (Wildman–Crippen LogP) is 2.05. The Morgan fingerprint density at radius 3 is 2.42 bits per heavy atom. The van der Waals surface area contributed by atoms with Crippen LogP contribution >= 0.6 is 0 Å². The standard InChI is InChI=1S/C13H26N2O3Si/c1-7-17-12(16)11(15-9-8-14)10-18-19(5,6)13(2,3)4/h11,15H,7,9-10H2,1-6H3/t11-/m0/s1. The first-order valence-electron chi connectivity index (χ1n) is 6.56. The second kappa shape index (κ2) is 7.63. The van der Waals surface area contributed by atoms with Crippen molar-refractivity contribution in [3.8, 4) is 6.07 Å². The summed E-state index contributed by atoms with van der Waals surface area (Å²) in [6.07, 6.45) is 0. The van der Waals surface area contributed by atoms with Crippen molar-refractivity contribution >= 4 is 14.3 Å². The number of esters is 1. The van der Waals surface area contributed by atoms with Crippen molar-refractivity contribution in [2.75, 3.05) is 19.8 Å². The Balaban J connectivity index is 4.58. The zero-order chi connectivity index (χ0) is 15.1. The molecule has 0 aromatic carbocycles. The Hall–Kier alpha value is -0.903. The van der Waals surface area contributed by atoms with Crippen molar-refractivity contribution in [1.82, 2.24) is 5.32 Å². The van der Waals surface area contributed by atoms with Gasteiger partial charge in [0.05, 0.1) is 25.8 Å². The van der Waals surface area contributed by atoms with Gasteiger partial charge >= 0.3 is 5.97 Å². The number of ether oxygens (including phenoxy) is 1. The first kappa shape index (κ1) is 18.1. The maximum absolute atomic E-state index is 11.8. The van der Waals surface area contributed by atoms with E-state index in [0.29, 0.717) is 6.61 Å². The quantitative estimate of drug-likeness (QED) is 0.440. The zero-order valence-corrected chi connectivity index (χ0v) is 13.9. The van der Waals surface area contributed by atoms with Crippen LogP contribution in [0.2, 0.25) is 18.1 Å². The third-order valence-corrected chi connectivity index (χ3v) is 7.92. The van der Waals surface area contributed by atoms with E-state index in [0.717, 1.165) is 0 Å². The molecule has 5 nitrogen and oxygen atoms in total. The van der Waals surface area contributed by atoms with Gasteiger partial charge in [-0.1, -0.05) is 20.8 Å². The number of nitrogens with zero attached hydrogens (tertiary/aromatic N) is 1. The predicted molar refractivity (Wildman–Crippen MR) is 77.2 cm³/mol. The molecule has 0 amide bonds. The molecule has 0 unspecified atom stereocenters. The zero-order valence-electron chi connectivity index (χ0n) is 12.9. The monoisotopic (exact) mass is 286 g/mol. The van der Waals surface area contributed by atoms with Gasteiger partial charge in [0.15, 0.2) is 8.32 Å². The van der Waals surface area contributed by atoms with Crippen LogP contribution in [-0.4, -0.2) is 40.1 Å². The molecule has 6 heteroatoms. The maximum atomic E-state index is 11.8. The van der Waals surface area contributed by atoms with Gasteiger partial charge in [-0.15, -0.1) is 0 Å². The van der Waals surface area contributed by atoms with Gasteiger partial charge < -0.3 is 9.16 Å². The van der Waals surface area contributed by atoms with Crippen LogP contribution in [0.4, 0.5) is 0 Å². The highest BCUT2D eigenvalue weighted by atomic mass is 28.4. The third-order valence-electron chi connectivity index (χ3n) is 3.42. The molecular formula is C13H26N2O3Si. The number of nitriles is 1. The Kier molecular flexibility index (Phi) is 7.27. The fraction of sp³-hybridized carbons (Fsp3) is 0.846. The average Bonchev–Trinajstić information content (AvgIpc) is 2.27. The molecule has 0 saturated carbocycles. The first-order chi connectivity index (χ1) is 8.65. The number of hydrogen-bond acceptors (Lipinski definition) is 5. The minimum atomic E-state index is -1.91. The van der Waals surface area contributed by atoms with Crippen LogP contribution in [0, 0.1) is 11.3 Å². The van der Waals surface area contributed by atoms with Crippen molar-refractivity contribution in [1.29, 1.82) is 5.26 Å². The summed E-state index contributed by atoms with van der Waals surface area (Å²) >= 11 is 0. The molecule has 0 heterocycles. The highest BCUT2D eigenvalue weighted by molar-refractivity contribution is 6.74. The summed E-state index contributed by atoms with van der Waals surface area (Å²) in [5, 5.41) is 11.5. The summed E-state index contributed by atoms with van der Waals surface area (Å²) in [5.41, 5.74) is 0. The summed E-state index contributed by atoms with van der Waals surface area (Å²) in [5.74, 6) is -0.364. The molecule has 0 aliphatic rings. The van der Waals surface area contributed by atoms with Crippen molar-refractivity contribution in [3.05, 3.63) is 0 Å². The lowest BCUT2D eigenvalue weighted by Crippen LogP contribution is -2.48. The summed E-state index contributed by atoms with van der Waals surface area (Å²) in [6.45, 7) is 13.1. The van der Waals surface area contributed by atoms with Crippen LogP contribution in [0.1, 0.15) is 27.7 Å². The Bertz CT molecular complexity index is 332. The summed E-state index contributed by atoms with van der Waals surface area (Å²) in [4.78, 5) is 11.8. The molecule has 0 bridgehead atoms. The van der Waals surface area contributed by atoms with Crippen molar-refractivity contribution in [3.63, 3.8) is 0 Å². The summed E-state index contributed by atoms with van der Waals surface area (Å²) < 4.78 is 11.0. The van der Waals surface area contributed by atoms with E-state index in [4.69, 9.17) is 14.4 Å². The molecule has 0 aromatic heterocycles. The fourth-order valence-corrected chi connectivity index (χ4v) is 2.15. The number of carbonyl (C=O) groups is 1. The molecule has 0 aromatic rings. The van der Waals surface area contributed by atoms with E-state index in [9.17, 15) is 4.79 Å². The number of carbonyl (C=O) groups excluding carboxylic acids is 1. The Morgan fingerprint density at radius 1 is 1.42 bits per heavy atom. The molecule has 1 N–H and O–H groups in total. The van der Waals surface area contributed by atoms with Crippen LogP contribution in [0.5, 0.6) is 0 Å². The molecule has 0 spiro atoms. The second-order valence-electron chi connectivity index (χ2n) is 5.91. The molecular weight excluding hydrogens is 260 g/mol. The lowest BCUT2D eigenvalue weighted by atomic mass is 10.2. The van der Waals surface area contributed by atoms with Gasteiger partial charge in [-0.05, 0) is 25.1 Å². The van der Waals surface area contributed by atoms with Gasteiger partial charge in [0.2, 0.25) is 0 Å². The smallest absolute Gasteiger partial charge is 0.325 e. The van der Waals surface area contributed by atoms with E-state index in [1.165, 1.54) is 0 Å². The van der Waals surface area contributed by atoms with Crippen LogP contribution < -0.4 is 5.32 Å². The molecule has 0 saturated heterocycles. The van der Waals surface area contributed by atoms with Crippen LogP contribution in [0.15, 0.2) is 0 Å². The van der Waals surface area contributed by atoms with Crippen LogP contribution in [0.25, 0.3) is 0 Å². The molecule has 0 aliphatic heterocycles. The molecule has 1 atom stereocenters. The van der Waals surface area contributed by atoms with E-state index >= 15 is 0 Å². The SMILES string of the molecule is CCOC(=O)[C@H](CO[Si](C)(C)C(C)(C)C)NCC#N. The first-order valence-corrected chi connectivity index (χ1v) is 9.47. The highest BCUT2D eigenvalue weighted by Gasteiger charge is 2.38. The number of nitrogens with one attached hydrogen (secondary N) is 1. The van der Waals surface area contributed by atoms with Crippen molar-refractivity contribution in [2.24, 2.45) is 0 Å². The van der Waals surface area contributed by atoms with Crippen LogP contribution in [-0.2, 0) is 14.0 Å². The molecule has 0 fully saturated rings. The van der Waals surface area contributed by atoms with E-state index in [2.05, 4.69) is 39.2 Å². The van der Waals surface area contributed by atoms with E-state index < -0.39 is 14.4 Å². The van der Waals surface area contributed by atoms with Gasteiger partial charge in [0.1, 0.15) is 6.04 Å². The van der Waals surface area contributed by atoms with E-state index in [1.807, 2.05) is 6.07 Å². The number of rotatable bonds is 7. The largest absolute Gasteiger partial charge is 0.465 e. The van der Waals surface area contributed by atoms with Crippen molar-refractivity contribution in [2.45, 2.75) is 51.9 Å². The Morgan fingerprint density at radius 2 is 2.00 bits per heavy atom. The summed E-state index contributed by atoms with van der Waals surface area (Å²) in [6, 6.07) is 1.38. The molecule has 0 rings (SSSR count). The molecule has 110 valence electrons. The average molecular weight is 286 g/mol. The van der Waals surface area contributed by atoms with Gasteiger partial charge in [0.25, 0.3) is 0 Å². The molecule has 19 heavy (non-hydrogen) atoms. The minimum absolute atomic E-state index is 0.0848. The normalized spacial score (nSPS) is 13.7. The highest BCUT2D eigenvalue weighted by Crippen LogP contribution is 2.36. The van der Waals surface area contributed by atoms with Gasteiger partial charge in [0, 0.05) is 0 Å². The van der Waals surface area contributed by atoms with Gasteiger partial charge in [-0.3, -0.25) is 10.1 Å². The maximum Gasteiger partial charge on any atom is 0.325 e. The lowest BCUT2D eigenvalue weighted by molar-refractivity contribution is -0.146. The van der Waals surface area contributed by atoms with Crippen molar-refractivity contribution < 1.29 is 14.0 Å². The van der Waals surface area contributed by atoms with E-state index in [-0.39, 0.29) is 24.2 Å². The molecule has 0 aliphatic carbocycles. The third kappa shape index (κ3) is 6.19. The second-order valence-corrected chi connectivity index (χ2v) is 10.7.